The predicted molar refractivity (Wildman–Crippen MR) is 101 cm³/mol. The van der Waals surface area contributed by atoms with E-state index in [2.05, 4.69) is 9.98 Å². The molecule has 2 aromatic rings. The van der Waals surface area contributed by atoms with Crippen LogP contribution >= 0.6 is 0 Å². The first-order valence-corrected chi connectivity index (χ1v) is 8.19. The van der Waals surface area contributed by atoms with E-state index in [9.17, 15) is 17.6 Å². The fraction of sp³-hybridized carbons (Fsp3) is 0.200. The minimum absolute atomic E-state index is 0.0952. The maximum Gasteiger partial charge on any atom is 0.204 e. The Kier molecular flexibility index (Phi) is 6.56. The number of ether oxygens (including phenoxy) is 1. The van der Waals surface area contributed by atoms with Crippen LogP contribution in [0.5, 0.6) is 11.5 Å². The number of nitrogens with zero attached hydrogens (tertiary/aromatic N) is 2. The number of hydrogen-bond donors (Lipinski definition) is 1. The summed E-state index contributed by atoms with van der Waals surface area (Å²) in [5, 5.41) is 0. The lowest BCUT2D eigenvalue weighted by Crippen LogP contribution is -2.24. The Balaban J connectivity index is 2.48. The second kappa shape index (κ2) is 8.69. The Bertz CT molecular complexity index is 993. The molecule has 0 aliphatic heterocycles. The zero-order valence-corrected chi connectivity index (χ0v) is 15.8. The Hall–Kier alpha value is -3.16. The molecule has 28 heavy (non-hydrogen) atoms. The van der Waals surface area contributed by atoms with Crippen LogP contribution in [0.4, 0.5) is 17.6 Å². The molecule has 0 bridgehead atoms. The van der Waals surface area contributed by atoms with Gasteiger partial charge in [0.05, 0.1) is 5.71 Å². The van der Waals surface area contributed by atoms with Crippen molar-refractivity contribution in [3.05, 3.63) is 70.3 Å². The van der Waals surface area contributed by atoms with Gasteiger partial charge in [0.25, 0.3) is 0 Å². The zero-order valence-electron chi connectivity index (χ0n) is 15.8. The van der Waals surface area contributed by atoms with Gasteiger partial charge < -0.3 is 10.5 Å². The highest BCUT2D eigenvalue weighted by molar-refractivity contribution is 6.29. The summed E-state index contributed by atoms with van der Waals surface area (Å²) < 4.78 is 60.5. The van der Waals surface area contributed by atoms with E-state index in [4.69, 9.17) is 10.5 Å². The van der Waals surface area contributed by atoms with Crippen LogP contribution < -0.4 is 10.5 Å². The van der Waals surface area contributed by atoms with E-state index in [1.54, 1.807) is 13.8 Å². The summed E-state index contributed by atoms with van der Waals surface area (Å²) in [5.74, 6) is -5.64. The summed E-state index contributed by atoms with van der Waals surface area (Å²) in [7, 11) is 2.98. The Morgan fingerprint density at radius 2 is 1.54 bits per heavy atom. The number of amidine groups is 1. The highest BCUT2D eigenvalue weighted by atomic mass is 19.2. The molecule has 0 aromatic heterocycles. The van der Waals surface area contributed by atoms with Gasteiger partial charge in [0.1, 0.15) is 17.4 Å². The molecule has 8 heteroatoms. The highest BCUT2D eigenvalue weighted by Gasteiger charge is 2.20. The molecule has 2 aromatic carbocycles. The number of halogens is 4. The predicted octanol–water partition coefficient (Wildman–Crippen LogP) is 4.78. The molecule has 0 heterocycles. The summed E-state index contributed by atoms with van der Waals surface area (Å²) >= 11 is 0. The molecule has 4 nitrogen and oxygen atoms in total. The minimum atomic E-state index is -1.50. The topological polar surface area (TPSA) is 60.0 Å². The molecule has 0 saturated carbocycles. The van der Waals surface area contributed by atoms with E-state index in [0.29, 0.717) is 17.7 Å². The van der Waals surface area contributed by atoms with E-state index >= 15 is 0 Å². The van der Waals surface area contributed by atoms with E-state index < -0.39 is 29.0 Å². The molecule has 0 radical (unpaired) electrons. The summed E-state index contributed by atoms with van der Waals surface area (Å²) in [6.45, 7) is 3.56. The molecular weight excluding hydrogens is 374 g/mol. The van der Waals surface area contributed by atoms with Crippen molar-refractivity contribution < 1.29 is 22.3 Å². The number of allylic oxidation sites excluding steroid dienone is 1. The number of nitrogens with two attached hydrogens (primary N) is 1. The molecule has 0 fully saturated rings. The van der Waals surface area contributed by atoms with Crippen LogP contribution in [0.25, 0.3) is 0 Å². The summed E-state index contributed by atoms with van der Waals surface area (Å²) in [4.78, 5) is 8.04. The second-order valence-corrected chi connectivity index (χ2v) is 5.97. The van der Waals surface area contributed by atoms with Gasteiger partial charge in [-0.3, -0.25) is 9.98 Å². The second-order valence-electron chi connectivity index (χ2n) is 5.97. The van der Waals surface area contributed by atoms with E-state index in [-0.39, 0.29) is 22.9 Å². The molecule has 0 atom stereocenters. The van der Waals surface area contributed by atoms with Gasteiger partial charge in [-0.15, -0.1) is 0 Å². The SMILES string of the molecule is CN=C(N)C(C(=NC)c1ccc(Oc2c(F)ccc(F)c2F)cc1F)=C(C)C. The molecule has 0 saturated heterocycles. The number of benzene rings is 2. The van der Waals surface area contributed by atoms with Gasteiger partial charge in [0.15, 0.2) is 11.6 Å². The highest BCUT2D eigenvalue weighted by Crippen LogP contribution is 2.30. The third-order valence-electron chi connectivity index (χ3n) is 3.87. The van der Waals surface area contributed by atoms with Gasteiger partial charge in [-0.2, -0.15) is 4.39 Å². The van der Waals surface area contributed by atoms with Crippen LogP contribution in [-0.2, 0) is 0 Å². The molecule has 0 aliphatic carbocycles. The van der Waals surface area contributed by atoms with Crippen molar-refractivity contribution in [1.29, 1.82) is 0 Å². The smallest absolute Gasteiger partial charge is 0.204 e. The normalized spacial score (nSPS) is 12.1. The van der Waals surface area contributed by atoms with Gasteiger partial charge in [-0.25, -0.2) is 13.2 Å². The zero-order chi connectivity index (χ0) is 21.0. The van der Waals surface area contributed by atoms with Crippen molar-refractivity contribution in [3.8, 4) is 11.5 Å². The first-order valence-electron chi connectivity index (χ1n) is 8.19. The van der Waals surface area contributed by atoms with Crippen LogP contribution in [0.15, 0.2) is 51.5 Å². The van der Waals surface area contributed by atoms with Gasteiger partial charge in [0, 0.05) is 31.3 Å². The molecule has 2 rings (SSSR count). The van der Waals surface area contributed by atoms with Crippen molar-refractivity contribution in [1.82, 2.24) is 0 Å². The fourth-order valence-corrected chi connectivity index (χ4v) is 2.56. The van der Waals surface area contributed by atoms with Crippen molar-refractivity contribution >= 4 is 11.5 Å². The Labute approximate surface area is 160 Å². The molecule has 0 amide bonds. The summed E-state index contributed by atoms with van der Waals surface area (Å²) in [6.07, 6.45) is 0. The van der Waals surface area contributed by atoms with Gasteiger partial charge in [-0.05, 0) is 38.1 Å². The van der Waals surface area contributed by atoms with Gasteiger partial charge in [-0.1, -0.05) is 5.57 Å². The van der Waals surface area contributed by atoms with Crippen LogP contribution in [-0.4, -0.2) is 25.6 Å². The van der Waals surface area contributed by atoms with Crippen LogP contribution in [0.3, 0.4) is 0 Å². The van der Waals surface area contributed by atoms with Crippen molar-refractivity contribution in [3.63, 3.8) is 0 Å². The van der Waals surface area contributed by atoms with E-state index in [1.807, 2.05) is 0 Å². The molecule has 0 spiro atoms. The van der Waals surface area contributed by atoms with E-state index in [1.165, 1.54) is 26.2 Å². The maximum atomic E-state index is 14.7. The average molecular weight is 393 g/mol. The van der Waals surface area contributed by atoms with Gasteiger partial charge >= 0.3 is 0 Å². The lowest BCUT2D eigenvalue weighted by Gasteiger charge is -2.15. The summed E-state index contributed by atoms with van der Waals surface area (Å²) in [6, 6.07) is 4.88. The molecule has 0 aliphatic rings. The maximum absolute atomic E-state index is 14.7. The quantitative estimate of drug-likeness (QED) is 0.344. The number of aliphatic imine (C=N–C) groups is 2. The molecule has 2 N–H and O–H groups in total. The largest absolute Gasteiger partial charge is 0.451 e. The first-order chi connectivity index (χ1) is 13.2. The van der Waals surface area contributed by atoms with Crippen LogP contribution in [0.2, 0.25) is 0 Å². The number of hydrogen-bond acceptors (Lipinski definition) is 3. The van der Waals surface area contributed by atoms with Gasteiger partial charge in [0.2, 0.25) is 11.6 Å². The lowest BCUT2D eigenvalue weighted by atomic mass is 9.97. The minimum Gasteiger partial charge on any atom is -0.451 e. The van der Waals surface area contributed by atoms with Crippen molar-refractivity contribution in [2.75, 3.05) is 14.1 Å². The molecule has 148 valence electrons. The van der Waals surface area contributed by atoms with E-state index in [0.717, 1.165) is 11.6 Å². The third kappa shape index (κ3) is 4.21. The Morgan fingerprint density at radius 3 is 2.07 bits per heavy atom. The monoisotopic (exact) mass is 393 g/mol. The summed E-state index contributed by atoms with van der Waals surface area (Å²) in [5.41, 5.74) is 7.50. The standard InChI is InChI=1S/C20H19F4N3O/c1-10(2)16(20(25)27-4)18(26-3)12-6-5-11(9-15(12)23)28-19-14(22)8-7-13(21)17(19)24/h5-9H,1-4H3,(H2,25,27). The first kappa shape index (κ1) is 21.1. The van der Waals surface area contributed by atoms with Crippen LogP contribution in [0, 0.1) is 23.3 Å². The van der Waals surface area contributed by atoms with Crippen molar-refractivity contribution in [2.24, 2.45) is 15.7 Å². The average Bonchev–Trinajstić information content (AvgIpc) is 2.66. The lowest BCUT2D eigenvalue weighted by molar-refractivity contribution is 0.385. The third-order valence-corrected chi connectivity index (χ3v) is 3.87. The molecule has 0 unspecified atom stereocenters. The molecular formula is C20H19F4N3O. The van der Waals surface area contributed by atoms with Crippen molar-refractivity contribution in [2.45, 2.75) is 13.8 Å². The van der Waals surface area contributed by atoms with Crippen LogP contribution in [0.1, 0.15) is 19.4 Å². The number of rotatable bonds is 5. The fourth-order valence-electron chi connectivity index (χ4n) is 2.56. The Morgan fingerprint density at radius 1 is 0.893 bits per heavy atom.